The number of benzene rings is 1. The van der Waals surface area contributed by atoms with Crippen LogP contribution in [-0.4, -0.2) is 26.6 Å². The van der Waals surface area contributed by atoms with Crippen LogP contribution in [0.5, 0.6) is 5.88 Å². The summed E-state index contributed by atoms with van der Waals surface area (Å²) in [7, 11) is 1.63. The first kappa shape index (κ1) is 16.9. The zero-order chi connectivity index (χ0) is 19.1. The summed E-state index contributed by atoms with van der Waals surface area (Å²) in [4.78, 5) is 13.8. The molecule has 3 aromatic rings. The van der Waals surface area contributed by atoms with Gasteiger partial charge in [-0.15, -0.1) is 11.3 Å². The highest BCUT2D eigenvalue weighted by Gasteiger charge is 2.15. The van der Waals surface area contributed by atoms with Crippen LogP contribution >= 0.6 is 11.3 Å². The average Bonchev–Trinajstić information content (AvgIpc) is 3.30. The number of hydrogen-bond donors (Lipinski definition) is 0. The van der Waals surface area contributed by atoms with Gasteiger partial charge in [0.25, 0.3) is 0 Å². The van der Waals surface area contributed by atoms with Gasteiger partial charge in [-0.25, -0.2) is 15.0 Å². The minimum Gasteiger partial charge on any atom is -0.481 e. The average molecular weight is 386 g/mol. The molecule has 6 heteroatoms. The molecule has 2 aliphatic rings. The number of hydrogen-bond acceptors (Lipinski definition) is 5. The molecule has 0 fully saturated rings. The van der Waals surface area contributed by atoms with Crippen molar-refractivity contribution in [1.82, 2.24) is 19.5 Å². The van der Waals surface area contributed by atoms with Gasteiger partial charge in [-0.1, -0.05) is 6.07 Å². The number of fused-ring (bicyclic) bond motifs is 2. The number of aryl methyl sites for hydroxylation is 1. The van der Waals surface area contributed by atoms with Crippen molar-refractivity contribution in [3.05, 3.63) is 71.6 Å². The van der Waals surface area contributed by atoms with Gasteiger partial charge in [-0.3, -0.25) is 0 Å². The van der Waals surface area contributed by atoms with Gasteiger partial charge >= 0.3 is 0 Å². The minimum absolute atomic E-state index is 0.586. The summed E-state index contributed by atoms with van der Waals surface area (Å²) < 4.78 is 8.73. The molecular formula is C22H18N4OS. The van der Waals surface area contributed by atoms with Gasteiger partial charge in [0.2, 0.25) is 5.88 Å². The highest BCUT2D eigenvalue weighted by Crippen LogP contribution is 2.32. The molecule has 0 spiro atoms. The second-order valence-electron chi connectivity index (χ2n) is 6.74. The summed E-state index contributed by atoms with van der Waals surface area (Å²) in [5.41, 5.74) is 6.13. The summed E-state index contributed by atoms with van der Waals surface area (Å²) in [6, 6.07) is 14.4. The highest BCUT2D eigenvalue weighted by atomic mass is 32.1. The van der Waals surface area contributed by atoms with E-state index in [2.05, 4.69) is 59.2 Å². The fourth-order valence-corrected chi connectivity index (χ4v) is 4.42. The van der Waals surface area contributed by atoms with E-state index < -0.39 is 0 Å². The van der Waals surface area contributed by atoms with Gasteiger partial charge in [-0.2, -0.15) is 0 Å². The minimum atomic E-state index is 0.586. The molecule has 0 amide bonds. The van der Waals surface area contributed by atoms with Crippen molar-refractivity contribution in [3.8, 4) is 28.4 Å². The van der Waals surface area contributed by atoms with Gasteiger partial charge in [0.05, 0.1) is 40.8 Å². The number of aromatic nitrogens is 4. The van der Waals surface area contributed by atoms with Crippen LogP contribution in [0.4, 0.5) is 0 Å². The smallest absolute Gasteiger partial charge is 0.222 e. The zero-order valence-corrected chi connectivity index (χ0v) is 16.4. The van der Waals surface area contributed by atoms with Gasteiger partial charge in [-0.05, 0) is 48.9 Å². The molecule has 0 N–H and O–H groups in total. The second kappa shape index (κ2) is 6.73. The van der Waals surface area contributed by atoms with Crippen LogP contribution in [0, 0.1) is 6.92 Å². The largest absolute Gasteiger partial charge is 0.481 e. The van der Waals surface area contributed by atoms with Gasteiger partial charge in [0.1, 0.15) is 5.01 Å². The Labute approximate surface area is 166 Å². The lowest BCUT2D eigenvalue weighted by atomic mass is 10.1. The monoisotopic (exact) mass is 386 g/mol. The molecular weight excluding hydrogens is 368 g/mol. The van der Waals surface area contributed by atoms with Crippen LogP contribution in [-0.2, 0) is 6.54 Å². The predicted octanol–water partition coefficient (Wildman–Crippen LogP) is 5.02. The number of thiazole rings is 1. The molecule has 138 valence electrons. The molecule has 0 bridgehead atoms. The number of ether oxygens (including phenoxy) is 1. The van der Waals surface area contributed by atoms with E-state index in [0.29, 0.717) is 5.88 Å². The lowest BCUT2D eigenvalue weighted by molar-refractivity contribution is 0.399. The van der Waals surface area contributed by atoms with Crippen LogP contribution in [0.15, 0.2) is 61.1 Å². The number of nitrogens with zero attached hydrogens (tertiary/aromatic N) is 4. The van der Waals surface area contributed by atoms with E-state index in [1.807, 2.05) is 12.1 Å². The Balaban J connectivity index is 1.48. The number of methoxy groups -OCH3 is 1. The third kappa shape index (κ3) is 3.01. The number of rotatable bonds is 4. The van der Waals surface area contributed by atoms with E-state index in [4.69, 9.17) is 14.7 Å². The lowest BCUT2D eigenvalue weighted by Crippen LogP contribution is -2.00. The maximum absolute atomic E-state index is 5.37. The third-order valence-electron chi connectivity index (χ3n) is 4.71. The molecule has 28 heavy (non-hydrogen) atoms. The van der Waals surface area contributed by atoms with E-state index in [-0.39, 0.29) is 0 Å². The van der Waals surface area contributed by atoms with Gasteiger partial charge < -0.3 is 9.30 Å². The molecule has 0 atom stereocenters. The van der Waals surface area contributed by atoms with Crippen molar-refractivity contribution < 1.29 is 4.74 Å². The Bertz CT molecular complexity index is 1260. The molecule has 2 aliphatic heterocycles. The summed E-state index contributed by atoms with van der Waals surface area (Å²) in [6.07, 6.45) is 5.86. The SMILES string of the molecule is COc1ncccc1-c1cc2ccn(Cc3nc4ccc(C)cc4s3)cc-2n1. The summed E-state index contributed by atoms with van der Waals surface area (Å²) in [5, 5.41) is 1.09. The van der Waals surface area contributed by atoms with Crippen LogP contribution < -0.4 is 4.74 Å². The van der Waals surface area contributed by atoms with Crippen LogP contribution in [0.3, 0.4) is 0 Å². The first-order chi connectivity index (χ1) is 13.7. The summed E-state index contributed by atoms with van der Waals surface area (Å²) >= 11 is 1.74. The molecule has 0 aliphatic carbocycles. The van der Waals surface area contributed by atoms with Gasteiger partial charge in [0.15, 0.2) is 0 Å². The maximum Gasteiger partial charge on any atom is 0.222 e. The summed E-state index contributed by atoms with van der Waals surface area (Å²) in [6.45, 7) is 2.84. The van der Waals surface area contributed by atoms with Crippen molar-refractivity contribution in [2.75, 3.05) is 7.11 Å². The molecule has 0 radical (unpaired) electrons. The Morgan fingerprint density at radius 3 is 2.89 bits per heavy atom. The predicted molar refractivity (Wildman–Crippen MR) is 112 cm³/mol. The number of pyridine rings is 2. The van der Waals surface area contributed by atoms with E-state index in [1.54, 1.807) is 24.6 Å². The maximum atomic E-state index is 5.37. The first-order valence-electron chi connectivity index (χ1n) is 9.01. The Hall–Kier alpha value is -3.25. The molecule has 5 rings (SSSR count). The molecule has 4 heterocycles. The van der Waals surface area contributed by atoms with Crippen molar-refractivity contribution in [3.63, 3.8) is 0 Å². The fourth-order valence-electron chi connectivity index (χ4n) is 3.35. The molecule has 1 aromatic carbocycles. The van der Waals surface area contributed by atoms with E-state index in [1.165, 1.54) is 10.3 Å². The van der Waals surface area contributed by atoms with Crippen molar-refractivity contribution in [2.24, 2.45) is 0 Å². The molecule has 2 aromatic heterocycles. The lowest BCUT2D eigenvalue weighted by Gasteiger charge is -2.06. The quantitative estimate of drug-likeness (QED) is 0.435. The third-order valence-corrected chi connectivity index (χ3v) is 5.71. The molecule has 0 saturated carbocycles. The zero-order valence-electron chi connectivity index (χ0n) is 15.6. The van der Waals surface area contributed by atoms with Crippen LogP contribution in [0.25, 0.3) is 32.7 Å². The standard InChI is InChI=1S/C22H18N4OS/c1-14-5-6-17-20(10-14)28-21(25-17)13-26-9-7-15-11-18(24-19(15)12-26)16-4-3-8-23-22(16)27-2/h3-12H,13H2,1-2H3. The van der Waals surface area contributed by atoms with E-state index >= 15 is 0 Å². The van der Waals surface area contributed by atoms with Gasteiger partial charge in [0, 0.05) is 24.2 Å². The normalized spacial score (nSPS) is 11.4. The molecule has 0 saturated heterocycles. The Morgan fingerprint density at radius 1 is 1.07 bits per heavy atom. The molecule has 5 nitrogen and oxygen atoms in total. The second-order valence-corrected chi connectivity index (χ2v) is 7.85. The van der Waals surface area contributed by atoms with Crippen molar-refractivity contribution >= 4 is 21.6 Å². The van der Waals surface area contributed by atoms with Crippen LogP contribution in [0.1, 0.15) is 10.6 Å². The van der Waals surface area contributed by atoms with Crippen LogP contribution in [0.2, 0.25) is 0 Å². The molecule has 0 unspecified atom stereocenters. The van der Waals surface area contributed by atoms with Crippen molar-refractivity contribution in [1.29, 1.82) is 0 Å². The first-order valence-corrected chi connectivity index (χ1v) is 9.83. The van der Waals surface area contributed by atoms with E-state index in [9.17, 15) is 0 Å². The topological polar surface area (TPSA) is 52.8 Å². The Morgan fingerprint density at radius 2 is 2.00 bits per heavy atom. The Kier molecular flexibility index (Phi) is 4.06. The van der Waals surface area contributed by atoms with E-state index in [0.717, 1.165) is 39.6 Å². The summed E-state index contributed by atoms with van der Waals surface area (Å²) in [5.74, 6) is 0.586. The highest BCUT2D eigenvalue weighted by molar-refractivity contribution is 7.18. The van der Waals surface area contributed by atoms with Crippen molar-refractivity contribution in [2.45, 2.75) is 13.5 Å². The fraction of sp³-hybridized carbons (Fsp3) is 0.136.